The molecular formula is C14H26N2S. The maximum absolute atomic E-state index is 6.24. The van der Waals surface area contributed by atoms with Crippen molar-refractivity contribution in [1.82, 2.24) is 4.90 Å². The average molecular weight is 254 g/mol. The highest BCUT2D eigenvalue weighted by Gasteiger charge is 2.14. The second kappa shape index (κ2) is 7.85. The summed E-state index contributed by atoms with van der Waals surface area (Å²) in [6.45, 7) is 10.0. The number of nitrogens with zero attached hydrogens (tertiary/aromatic N) is 1. The molecule has 2 nitrogen and oxygen atoms in total. The highest BCUT2D eigenvalue weighted by molar-refractivity contribution is 7.10. The number of hydrogen-bond acceptors (Lipinski definition) is 3. The minimum atomic E-state index is 0.171. The second-order valence-corrected chi connectivity index (χ2v) is 5.64. The Morgan fingerprint density at radius 3 is 2.41 bits per heavy atom. The van der Waals surface area contributed by atoms with Crippen LogP contribution < -0.4 is 5.73 Å². The molecule has 1 aromatic rings. The Kier molecular flexibility index (Phi) is 6.78. The summed E-state index contributed by atoms with van der Waals surface area (Å²) in [5, 5.41) is 2.10. The molecule has 0 aromatic carbocycles. The van der Waals surface area contributed by atoms with Crippen molar-refractivity contribution in [3.63, 3.8) is 0 Å². The van der Waals surface area contributed by atoms with Crippen LogP contribution in [0, 0.1) is 5.92 Å². The van der Waals surface area contributed by atoms with Gasteiger partial charge in [-0.15, -0.1) is 11.3 Å². The molecule has 1 aromatic heterocycles. The van der Waals surface area contributed by atoms with Crippen LogP contribution in [-0.2, 0) is 0 Å². The van der Waals surface area contributed by atoms with Crippen molar-refractivity contribution in [3.05, 3.63) is 22.4 Å². The smallest absolute Gasteiger partial charge is 0.0519 e. The zero-order valence-electron chi connectivity index (χ0n) is 11.4. The summed E-state index contributed by atoms with van der Waals surface area (Å²) in [6, 6.07) is 4.39. The molecule has 98 valence electrons. The van der Waals surface area contributed by atoms with E-state index in [1.807, 2.05) is 0 Å². The van der Waals surface area contributed by atoms with Gasteiger partial charge in [0.05, 0.1) is 6.04 Å². The van der Waals surface area contributed by atoms with Gasteiger partial charge in [-0.05, 0) is 23.9 Å². The van der Waals surface area contributed by atoms with Gasteiger partial charge >= 0.3 is 0 Å². The first-order valence-electron chi connectivity index (χ1n) is 6.72. The summed E-state index contributed by atoms with van der Waals surface area (Å²) in [5.41, 5.74) is 6.24. The third-order valence-electron chi connectivity index (χ3n) is 3.48. The maximum atomic E-state index is 6.24. The van der Waals surface area contributed by atoms with E-state index >= 15 is 0 Å². The Labute approximate surface area is 110 Å². The first kappa shape index (κ1) is 14.7. The molecule has 3 heteroatoms. The molecule has 17 heavy (non-hydrogen) atoms. The monoisotopic (exact) mass is 254 g/mol. The highest BCUT2D eigenvalue weighted by atomic mass is 32.1. The van der Waals surface area contributed by atoms with E-state index in [0.29, 0.717) is 0 Å². The largest absolute Gasteiger partial charge is 0.322 e. The Morgan fingerprint density at radius 1 is 1.24 bits per heavy atom. The Balaban J connectivity index is 2.46. The van der Waals surface area contributed by atoms with E-state index in [1.165, 1.54) is 24.3 Å². The molecule has 1 heterocycles. The van der Waals surface area contributed by atoms with Gasteiger partial charge in [0, 0.05) is 18.0 Å². The van der Waals surface area contributed by atoms with Crippen LogP contribution in [0.15, 0.2) is 17.5 Å². The zero-order valence-corrected chi connectivity index (χ0v) is 12.2. The van der Waals surface area contributed by atoms with Gasteiger partial charge < -0.3 is 10.6 Å². The van der Waals surface area contributed by atoms with E-state index in [2.05, 4.69) is 43.2 Å². The van der Waals surface area contributed by atoms with Crippen molar-refractivity contribution in [2.45, 2.75) is 39.7 Å². The van der Waals surface area contributed by atoms with Gasteiger partial charge in [0.25, 0.3) is 0 Å². The van der Waals surface area contributed by atoms with E-state index in [9.17, 15) is 0 Å². The van der Waals surface area contributed by atoms with Crippen molar-refractivity contribution in [1.29, 1.82) is 0 Å². The molecule has 0 aliphatic heterocycles. The quantitative estimate of drug-likeness (QED) is 0.769. The lowest BCUT2D eigenvalue weighted by Crippen LogP contribution is -2.35. The third kappa shape index (κ3) is 4.78. The molecule has 0 spiro atoms. The highest BCUT2D eigenvalue weighted by Crippen LogP contribution is 2.19. The van der Waals surface area contributed by atoms with Crippen LogP contribution in [0.5, 0.6) is 0 Å². The molecule has 0 radical (unpaired) electrons. The molecule has 0 saturated carbocycles. The first-order valence-corrected chi connectivity index (χ1v) is 7.60. The fourth-order valence-corrected chi connectivity index (χ4v) is 2.84. The molecule has 0 bridgehead atoms. The van der Waals surface area contributed by atoms with E-state index in [0.717, 1.165) is 19.0 Å². The van der Waals surface area contributed by atoms with Crippen LogP contribution in [0.2, 0.25) is 0 Å². The summed E-state index contributed by atoms with van der Waals surface area (Å²) >= 11 is 1.76. The molecule has 1 rings (SSSR count). The summed E-state index contributed by atoms with van der Waals surface area (Å²) in [6.07, 6.45) is 2.53. The molecule has 2 N–H and O–H groups in total. The molecule has 1 unspecified atom stereocenters. The minimum Gasteiger partial charge on any atom is -0.322 e. The van der Waals surface area contributed by atoms with Crippen molar-refractivity contribution in [2.75, 3.05) is 19.6 Å². The molecule has 0 aliphatic carbocycles. The van der Waals surface area contributed by atoms with Crippen molar-refractivity contribution < 1.29 is 0 Å². The number of likely N-dealkylation sites (N-methyl/N-ethyl adjacent to an activating group) is 1. The Morgan fingerprint density at radius 2 is 1.94 bits per heavy atom. The van der Waals surface area contributed by atoms with Crippen LogP contribution in [0.3, 0.4) is 0 Å². The molecule has 0 amide bonds. The fraction of sp³-hybridized carbons (Fsp3) is 0.714. The normalized spacial score (nSPS) is 13.5. The van der Waals surface area contributed by atoms with Crippen LogP contribution in [-0.4, -0.2) is 24.5 Å². The van der Waals surface area contributed by atoms with Crippen molar-refractivity contribution in [2.24, 2.45) is 11.7 Å². The standard InChI is InChI=1S/C14H26N2S/c1-4-12(5-2)10-16(6-3)11-13(15)14-8-7-9-17-14/h7-9,12-13H,4-6,10-11,15H2,1-3H3. The Bertz CT molecular complexity index is 280. The third-order valence-corrected chi connectivity index (χ3v) is 4.49. The average Bonchev–Trinajstić information content (AvgIpc) is 2.88. The van der Waals surface area contributed by atoms with Crippen LogP contribution in [0.25, 0.3) is 0 Å². The molecular weight excluding hydrogens is 228 g/mol. The molecule has 1 atom stereocenters. The van der Waals surface area contributed by atoms with Gasteiger partial charge in [-0.1, -0.05) is 39.7 Å². The Hall–Kier alpha value is -0.380. The fourth-order valence-electron chi connectivity index (χ4n) is 2.12. The number of nitrogens with two attached hydrogens (primary N) is 1. The predicted octanol–water partition coefficient (Wildman–Crippen LogP) is 3.51. The van der Waals surface area contributed by atoms with Crippen LogP contribution >= 0.6 is 11.3 Å². The van der Waals surface area contributed by atoms with Crippen molar-refractivity contribution >= 4 is 11.3 Å². The number of hydrogen-bond donors (Lipinski definition) is 1. The molecule has 0 aliphatic rings. The minimum absolute atomic E-state index is 0.171. The predicted molar refractivity (Wildman–Crippen MR) is 77.4 cm³/mol. The van der Waals surface area contributed by atoms with Crippen LogP contribution in [0.1, 0.15) is 44.5 Å². The van der Waals surface area contributed by atoms with E-state index in [-0.39, 0.29) is 6.04 Å². The van der Waals surface area contributed by atoms with Gasteiger partial charge in [-0.2, -0.15) is 0 Å². The second-order valence-electron chi connectivity index (χ2n) is 4.66. The van der Waals surface area contributed by atoms with Crippen molar-refractivity contribution in [3.8, 4) is 0 Å². The number of rotatable bonds is 8. The molecule has 0 fully saturated rings. The lowest BCUT2D eigenvalue weighted by Gasteiger charge is -2.27. The summed E-state index contributed by atoms with van der Waals surface area (Å²) in [7, 11) is 0. The summed E-state index contributed by atoms with van der Waals surface area (Å²) in [5.74, 6) is 0.811. The zero-order chi connectivity index (χ0) is 12.7. The van der Waals surface area contributed by atoms with E-state index in [1.54, 1.807) is 11.3 Å². The van der Waals surface area contributed by atoms with Gasteiger partial charge in [0.1, 0.15) is 0 Å². The van der Waals surface area contributed by atoms with Gasteiger partial charge in [-0.25, -0.2) is 0 Å². The molecule has 0 saturated heterocycles. The summed E-state index contributed by atoms with van der Waals surface area (Å²) < 4.78 is 0. The summed E-state index contributed by atoms with van der Waals surface area (Å²) in [4.78, 5) is 3.79. The number of thiophene rings is 1. The van der Waals surface area contributed by atoms with Gasteiger partial charge in [0.2, 0.25) is 0 Å². The topological polar surface area (TPSA) is 29.3 Å². The van der Waals surface area contributed by atoms with Crippen LogP contribution in [0.4, 0.5) is 0 Å². The van der Waals surface area contributed by atoms with E-state index in [4.69, 9.17) is 5.73 Å². The maximum Gasteiger partial charge on any atom is 0.0519 e. The van der Waals surface area contributed by atoms with E-state index < -0.39 is 0 Å². The van der Waals surface area contributed by atoms with Gasteiger partial charge in [-0.3, -0.25) is 0 Å². The first-order chi connectivity index (χ1) is 8.21. The lowest BCUT2D eigenvalue weighted by molar-refractivity contribution is 0.222. The van der Waals surface area contributed by atoms with Gasteiger partial charge in [0.15, 0.2) is 0 Å². The SMILES string of the molecule is CCC(CC)CN(CC)CC(N)c1cccs1. The lowest BCUT2D eigenvalue weighted by atomic mass is 10.0.